The molecule has 0 spiro atoms. The van der Waals surface area contributed by atoms with Crippen LogP contribution in [0.1, 0.15) is 9.88 Å². The Bertz CT molecular complexity index is 731. The van der Waals surface area contributed by atoms with Crippen molar-refractivity contribution in [2.24, 2.45) is 0 Å². The molecule has 0 fully saturated rings. The number of thiazole rings is 1. The maximum absolute atomic E-state index is 9.13. The van der Waals surface area contributed by atoms with Crippen LogP contribution in [0.25, 0.3) is 21.3 Å². The van der Waals surface area contributed by atoms with Gasteiger partial charge in [0.1, 0.15) is 16.6 Å². The van der Waals surface area contributed by atoms with Crippen molar-refractivity contribution in [2.45, 2.75) is 6.92 Å². The van der Waals surface area contributed by atoms with Crippen LogP contribution in [-0.4, -0.2) is 4.98 Å². The normalized spacial score (nSPS) is 10.6. The summed E-state index contributed by atoms with van der Waals surface area (Å²) in [5.41, 5.74) is 1.90. The number of aryl methyl sites for hydroxylation is 1. The lowest BCUT2D eigenvalue weighted by Gasteiger charge is -1.95. The van der Waals surface area contributed by atoms with Crippen LogP contribution >= 0.6 is 22.7 Å². The van der Waals surface area contributed by atoms with Crippen molar-refractivity contribution < 1.29 is 0 Å². The molecule has 0 radical (unpaired) electrons. The van der Waals surface area contributed by atoms with Crippen LogP contribution in [0.3, 0.4) is 0 Å². The van der Waals surface area contributed by atoms with E-state index in [2.05, 4.69) is 28.6 Å². The summed E-state index contributed by atoms with van der Waals surface area (Å²) >= 11 is 3.15. The molecule has 3 rings (SSSR count). The highest BCUT2D eigenvalue weighted by Gasteiger charge is 2.14. The van der Waals surface area contributed by atoms with Crippen LogP contribution in [0.5, 0.6) is 0 Å². The summed E-state index contributed by atoms with van der Waals surface area (Å²) in [4.78, 5) is 5.18. The standard InChI is InChI=1S/C13H8N2S2/c1-8-15-13(12(6-14)17-8)10-7-16-11-5-3-2-4-9(10)11/h2-5,7H,1H3. The second kappa shape index (κ2) is 3.95. The third kappa shape index (κ3) is 1.64. The van der Waals surface area contributed by atoms with Crippen LogP contribution < -0.4 is 0 Å². The van der Waals surface area contributed by atoms with Gasteiger partial charge in [0.15, 0.2) is 0 Å². The average Bonchev–Trinajstić information content (AvgIpc) is 2.91. The lowest BCUT2D eigenvalue weighted by Crippen LogP contribution is -1.79. The Morgan fingerprint density at radius 1 is 1.29 bits per heavy atom. The molecule has 0 aliphatic heterocycles. The highest BCUT2D eigenvalue weighted by Crippen LogP contribution is 2.36. The van der Waals surface area contributed by atoms with Gasteiger partial charge in [-0.2, -0.15) is 5.26 Å². The number of rotatable bonds is 1. The van der Waals surface area contributed by atoms with E-state index in [4.69, 9.17) is 5.26 Å². The average molecular weight is 256 g/mol. The van der Waals surface area contributed by atoms with E-state index in [0.717, 1.165) is 16.3 Å². The van der Waals surface area contributed by atoms with E-state index in [0.29, 0.717) is 4.88 Å². The molecule has 0 aliphatic carbocycles. The first-order valence-electron chi connectivity index (χ1n) is 5.13. The fourth-order valence-electron chi connectivity index (χ4n) is 1.85. The molecule has 2 aromatic heterocycles. The van der Waals surface area contributed by atoms with Crippen LogP contribution in [0.2, 0.25) is 0 Å². The molecular formula is C13H8N2S2. The van der Waals surface area contributed by atoms with Gasteiger partial charge in [-0.1, -0.05) is 18.2 Å². The summed E-state index contributed by atoms with van der Waals surface area (Å²) in [6.45, 7) is 1.93. The summed E-state index contributed by atoms with van der Waals surface area (Å²) in [6.07, 6.45) is 0. The Balaban J connectivity index is 2.31. The monoisotopic (exact) mass is 256 g/mol. The number of aromatic nitrogens is 1. The largest absolute Gasteiger partial charge is 0.240 e. The lowest BCUT2D eigenvalue weighted by molar-refractivity contribution is 1.30. The summed E-state index contributed by atoms with van der Waals surface area (Å²) in [7, 11) is 0. The molecule has 0 unspecified atom stereocenters. The topological polar surface area (TPSA) is 36.7 Å². The smallest absolute Gasteiger partial charge is 0.132 e. The van der Waals surface area contributed by atoms with Crippen molar-refractivity contribution >= 4 is 32.8 Å². The Morgan fingerprint density at radius 3 is 2.94 bits per heavy atom. The van der Waals surface area contributed by atoms with Crippen LogP contribution in [-0.2, 0) is 0 Å². The van der Waals surface area contributed by atoms with Crippen LogP contribution in [0.4, 0.5) is 0 Å². The minimum absolute atomic E-state index is 0.700. The SMILES string of the molecule is Cc1nc(-c2csc3ccccc23)c(C#N)s1. The van der Waals surface area contributed by atoms with E-state index >= 15 is 0 Å². The zero-order valence-electron chi connectivity index (χ0n) is 9.10. The molecule has 0 amide bonds. The van der Waals surface area contributed by atoms with Crippen molar-refractivity contribution in [2.75, 3.05) is 0 Å². The molecule has 2 heterocycles. The van der Waals surface area contributed by atoms with Crippen LogP contribution in [0.15, 0.2) is 29.6 Å². The minimum atomic E-state index is 0.700. The first-order valence-corrected chi connectivity index (χ1v) is 6.83. The second-order valence-electron chi connectivity index (χ2n) is 3.67. The third-order valence-electron chi connectivity index (χ3n) is 2.57. The highest BCUT2D eigenvalue weighted by molar-refractivity contribution is 7.18. The number of hydrogen-bond donors (Lipinski definition) is 0. The maximum Gasteiger partial charge on any atom is 0.132 e. The van der Waals surface area contributed by atoms with E-state index < -0.39 is 0 Å². The zero-order chi connectivity index (χ0) is 11.8. The van der Waals surface area contributed by atoms with Gasteiger partial charge < -0.3 is 0 Å². The molecule has 0 saturated heterocycles. The molecule has 0 N–H and O–H groups in total. The Labute approximate surface area is 107 Å². The third-order valence-corrected chi connectivity index (χ3v) is 4.41. The molecule has 3 aromatic rings. The van der Waals surface area contributed by atoms with Crippen molar-refractivity contribution in [3.63, 3.8) is 0 Å². The number of fused-ring (bicyclic) bond motifs is 1. The van der Waals surface area contributed by atoms with E-state index in [1.165, 1.54) is 21.4 Å². The Hall–Kier alpha value is -1.70. The summed E-state index contributed by atoms with van der Waals surface area (Å²) < 4.78 is 1.23. The van der Waals surface area contributed by atoms with Gasteiger partial charge >= 0.3 is 0 Å². The summed E-state index contributed by atoms with van der Waals surface area (Å²) in [5, 5.41) is 13.3. The fraction of sp³-hybridized carbons (Fsp3) is 0.0769. The van der Waals surface area contributed by atoms with Crippen molar-refractivity contribution in [3.05, 3.63) is 39.5 Å². The van der Waals surface area contributed by atoms with Gasteiger partial charge in [-0.25, -0.2) is 4.98 Å². The zero-order valence-corrected chi connectivity index (χ0v) is 10.7. The molecule has 17 heavy (non-hydrogen) atoms. The molecular weight excluding hydrogens is 248 g/mol. The number of nitrogens with zero attached hydrogens (tertiary/aromatic N) is 2. The van der Waals surface area contributed by atoms with Gasteiger partial charge in [0.25, 0.3) is 0 Å². The Kier molecular flexibility index (Phi) is 2.43. The highest BCUT2D eigenvalue weighted by atomic mass is 32.1. The number of thiophene rings is 1. The summed E-state index contributed by atoms with van der Waals surface area (Å²) in [5.74, 6) is 0. The van der Waals surface area contributed by atoms with Crippen LogP contribution in [0, 0.1) is 18.3 Å². The predicted molar refractivity (Wildman–Crippen MR) is 72.4 cm³/mol. The van der Waals surface area contributed by atoms with Crippen molar-refractivity contribution in [3.8, 4) is 17.3 Å². The van der Waals surface area contributed by atoms with E-state index in [1.54, 1.807) is 11.3 Å². The first kappa shape index (κ1) is 10.5. The van der Waals surface area contributed by atoms with E-state index in [9.17, 15) is 0 Å². The van der Waals surface area contributed by atoms with E-state index in [1.807, 2.05) is 19.1 Å². The predicted octanol–water partition coefficient (Wildman–Crippen LogP) is 4.20. The maximum atomic E-state index is 9.13. The fourth-order valence-corrected chi connectivity index (χ4v) is 3.52. The summed E-state index contributed by atoms with van der Waals surface area (Å²) in [6, 6.07) is 10.4. The molecule has 82 valence electrons. The molecule has 2 nitrogen and oxygen atoms in total. The molecule has 0 bridgehead atoms. The lowest BCUT2D eigenvalue weighted by atomic mass is 10.1. The van der Waals surface area contributed by atoms with Gasteiger partial charge in [-0.3, -0.25) is 0 Å². The van der Waals surface area contributed by atoms with Crippen molar-refractivity contribution in [1.29, 1.82) is 5.26 Å². The number of hydrogen-bond acceptors (Lipinski definition) is 4. The minimum Gasteiger partial charge on any atom is -0.240 e. The molecule has 4 heteroatoms. The molecule has 1 aromatic carbocycles. The van der Waals surface area contributed by atoms with Crippen molar-refractivity contribution in [1.82, 2.24) is 4.98 Å². The second-order valence-corrected chi connectivity index (χ2v) is 5.78. The first-order chi connectivity index (χ1) is 8.29. The van der Waals surface area contributed by atoms with Gasteiger partial charge in [-0.05, 0) is 13.0 Å². The van der Waals surface area contributed by atoms with Gasteiger partial charge in [0.2, 0.25) is 0 Å². The van der Waals surface area contributed by atoms with Gasteiger partial charge in [0.05, 0.1) is 5.01 Å². The Morgan fingerprint density at radius 2 is 2.12 bits per heavy atom. The molecule has 0 saturated carbocycles. The molecule has 0 atom stereocenters. The van der Waals surface area contributed by atoms with Gasteiger partial charge in [0, 0.05) is 21.0 Å². The molecule has 0 aliphatic rings. The van der Waals surface area contributed by atoms with E-state index in [-0.39, 0.29) is 0 Å². The number of benzene rings is 1. The van der Waals surface area contributed by atoms with Gasteiger partial charge in [-0.15, -0.1) is 22.7 Å². The quantitative estimate of drug-likeness (QED) is 0.654. The number of nitriles is 1.